The van der Waals surface area contributed by atoms with Crippen LogP contribution in [0.15, 0.2) is 12.1 Å². The van der Waals surface area contributed by atoms with E-state index in [1.165, 1.54) is 0 Å². The first kappa shape index (κ1) is 10.5. The summed E-state index contributed by atoms with van der Waals surface area (Å²) in [6, 6.07) is 3.97. The molecular formula is C13H15NO3. The van der Waals surface area contributed by atoms with Crippen LogP contribution in [0.25, 0.3) is 10.9 Å². The van der Waals surface area contributed by atoms with Crippen LogP contribution in [0.2, 0.25) is 0 Å². The number of rotatable bonds is 2. The molecule has 2 aromatic rings. The molecule has 2 heterocycles. The second-order valence-corrected chi connectivity index (χ2v) is 4.24. The van der Waals surface area contributed by atoms with Gasteiger partial charge in [-0.3, -0.25) is 0 Å². The highest BCUT2D eigenvalue weighted by atomic mass is 16.6. The number of nitrogens with one attached hydrogen (secondary N) is 1. The van der Waals surface area contributed by atoms with Gasteiger partial charge in [-0.05, 0) is 25.0 Å². The molecule has 90 valence electrons. The number of hydrogen-bond donors (Lipinski definition) is 2. The van der Waals surface area contributed by atoms with Crippen LogP contribution in [0, 0.1) is 6.92 Å². The molecule has 0 aliphatic carbocycles. The van der Waals surface area contributed by atoms with Crippen molar-refractivity contribution in [3.05, 3.63) is 23.4 Å². The Morgan fingerprint density at radius 2 is 1.94 bits per heavy atom. The molecule has 0 unspecified atom stereocenters. The molecule has 4 nitrogen and oxygen atoms in total. The van der Waals surface area contributed by atoms with Gasteiger partial charge in [0.25, 0.3) is 0 Å². The molecule has 3 rings (SSSR count). The molecule has 0 saturated carbocycles. The number of aryl methyl sites for hydroxylation is 1. The Morgan fingerprint density at radius 3 is 2.65 bits per heavy atom. The zero-order valence-corrected chi connectivity index (χ0v) is 9.75. The minimum Gasteiger partial charge on any atom is -0.486 e. The molecule has 1 aromatic heterocycles. The number of aliphatic hydroxyl groups excluding tert-OH is 1. The monoisotopic (exact) mass is 233 g/mol. The molecular weight excluding hydrogens is 218 g/mol. The number of H-pyrrole nitrogens is 1. The molecule has 1 aliphatic heterocycles. The SMILES string of the molecule is Cc1[nH]c2cc3c(cc2c1CCO)OCCO3. The van der Waals surface area contributed by atoms with Gasteiger partial charge in [-0.15, -0.1) is 0 Å². The van der Waals surface area contributed by atoms with Crippen LogP contribution >= 0.6 is 0 Å². The van der Waals surface area contributed by atoms with Crippen LogP contribution in [0.1, 0.15) is 11.3 Å². The van der Waals surface area contributed by atoms with Crippen LogP contribution < -0.4 is 9.47 Å². The summed E-state index contributed by atoms with van der Waals surface area (Å²) < 4.78 is 11.1. The average Bonchev–Trinajstić information content (AvgIpc) is 2.63. The largest absolute Gasteiger partial charge is 0.486 e. The molecule has 1 aromatic carbocycles. The molecule has 0 atom stereocenters. The number of aromatic amines is 1. The van der Waals surface area contributed by atoms with E-state index in [-0.39, 0.29) is 6.61 Å². The fourth-order valence-electron chi connectivity index (χ4n) is 2.36. The van der Waals surface area contributed by atoms with Crippen molar-refractivity contribution in [2.24, 2.45) is 0 Å². The van der Waals surface area contributed by atoms with Crippen LogP contribution in [0.4, 0.5) is 0 Å². The Bertz CT molecular complexity index is 559. The Balaban J connectivity index is 2.19. The predicted octanol–water partition coefficient (Wildman–Crippen LogP) is 1.78. The van der Waals surface area contributed by atoms with Gasteiger partial charge in [-0.25, -0.2) is 0 Å². The molecule has 0 amide bonds. The number of aliphatic hydroxyl groups is 1. The number of ether oxygens (including phenoxy) is 2. The third-order valence-corrected chi connectivity index (χ3v) is 3.14. The van der Waals surface area contributed by atoms with Crippen molar-refractivity contribution in [3.8, 4) is 11.5 Å². The van der Waals surface area contributed by atoms with Crippen LogP contribution in [0.5, 0.6) is 11.5 Å². The van der Waals surface area contributed by atoms with Gasteiger partial charge in [0.1, 0.15) is 13.2 Å². The van der Waals surface area contributed by atoms with Crippen molar-refractivity contribution in [2.45, 2.75) is 13.3 Å². The summed E-state index contributed by atoms with van der Waals surface area (Å²) in [4.78, 5) is 3.32. The summed E-state index contributed by atoms with van der Waals surface area (Å²) in [6.07, 6.45) is 0.658. The molecule has 0 saturated heterocycles. The first-order valence-electron chi connectivity index (χ1n) is 5.81. The van der Waals surface area contributed by atoms with Gasteiger partial charge in [-0.1, -0.05) is 0 Å². The maximum Gasteiger partial charge on any atom is 0.163 e. The van der Waals surface area contributed by atoms with E-state index in [0.29, 0.717) is 19.6 Å². The lowest BCUT2D eigenvalue weighted by molar-refractivity contribution is 0.172. The van der Waals surface area contributed by atoms with Crippen LogP contribution in [0.3, 0.4) is 0 Å². The summed E-state index contributed by atoms with van der Waals surface area (Å²) in [6.45, 7) is 3.37. The highest BCUT2D eigenvalue weighted by molar-refractivity contribution is 5.88. The van der Waals surface area contributed by atoms with Gasteiger partial charge < -0.3 is 19.6 Å². The third-order valence-electron chi connectivity index (χ3n) is 3.14. The quantitative estimate of drug-likeness (QED) is 0.831. The Morgan fingerprint density at radius 1 is 1.24 bits per heavy atom. The third kappa shape index (κ3) is 1.65. The summed E-state index contributed by atoms with van der Waals surface area (Å²) in [5.41, 5.74) is 3.28. The highest BCUT2D eigenvalue weighted by Gasteiger charge is 2.16. The zero-order chi connectivity index (χ0) is 11.8. The number of hydrogen-bond acceptors (Lipinski definition) is 3. The average molecular weight is 233 g/mol. The van der Waals surface area contributed by atoms with E-state index in [2.05, 4.69) is 4.98 Å². The lowest BCUT2D eigenvalue weighted by atomic mass is 10.1. The topological polar surface area (TPSA) is 54.5 Å². The van der Waals surface area contributed by atoms with E-state index < -0.39 is 0 Å². The molecule has 2 N–H and O–H groups in total. The smallest absolute Gasteiger partial charge is 0.163 e. The lowest BCUT2D eigenvalue weighted by Gasteiger charge is -2.18. The minimum atomic E-state index is 0.155. The molecule has 1 aliphatic rings. The van der Waals surface area contributed by atoms with Crippen molar-refractivity contribution in [3.63, 3.8) is 0 Å². The number of aromatic nitrogens is 1. The van der Waals surface area contributed by atoms with Gasteiger partial charge >= 0.3 is 0 Å². The first-order chi connectivity index (χ1) is 8.29. The molecule has 0 fully saturated rings. The van der Waals surface area contributed by atoms with Crippen LogP contribution in [-0.2, 0) is 6.42 Å². The highest BCUT2D eigenvalue weighted by Crippen LogP contribution is 2.36. The molecule has 17 heavy (non-hydrogen) atoms. The van der Waals surface area contributed by atoms with E-state index in [0.717, 1.165) is 33.7 Å². The van der Waals surface area contributed by atoms with Crippen molar-refractivity contribution < 1.29 is 14.6 Å². The van der Waals surface area contributed by atoms with Gasteiger partial charge in [0, 0.05) is 29.3 Å². The first-order valence-corrected chi connectivity index (χ1v) is 5.81. The normalized spacial score (nSPS) is 14.2. The molecule has 4 heteroatoms. The minimum absolute atomic E-state index is 0.155. The second-order valence-electron chi connectivity index (χ2n) is 4.24. The summed E-state index contributed by atoms with van der Waals surface area (Å²) in [5, 5.41) is 10.2. The molecule has 0 radical (unpaired) electrons. The predicted molar refractivity (Wildman–Crippen MR) is 64.8 cm³/mol. The van der Waals surface area contributed by atoms with Gasteiger partial charge in [0.2, 0.25) is 0 Å². The van der Waals surface area contributed by atoms with Crippen molar-refractivity contribution in [1.29, 1.82) is 0 Å². The summed E-state index contributed by atoms with van der Waals surface area (Å²) in [5.74, 6) is 1.59. The second kappa shape index (κ2) is 3.96. The van der Waals surface area contributed by atoms with Crippen molar-refractivity contribution in [1.82, 2.24) is 4.98 Å². The lowest BCUT2D eigenvalue weighted by Crippen LogP contribution is -2.15. The Kier molecular flexibility index (Phi) is 2.44. The fraction of sp³-hybridized carbons (Fsp3) is 0.385. The molecule has 0 spiro atoms. The van der Waals surface area contributed by atoms with E-state index in [1.54, 1.807) is 0 Å². The maximum atomic E-state index is 9.09. The van der Waals surface area contributed by atoms with Crippen molar-refractivity contribution in [2.75, 3.05) is 19.8 Å². The standard InChI is InChI=1S/C13H15NO3/c1-8-9(2-3-15)10-6-12-13(7-11(10)14-8)17-5-4-16-12/h6-7,14-15H,2-5H2,1H3. The summed E-state index contributed by atoms with van der Waals surface area (Å²) >= 11 is 0. The van der Waals surface area contributed by atoms with E-state index in [1.807, 2.05) is 19.1 Å². The number of benzene rings is 1. The van der Waals surface area contributed by atoms with E-state index in [9.17, 15) is 0 Å². The van der Waals surface area contributed by atoms with Gasteiger partial charge in [0.05, 0.1) is 0 Å². The van der Waals surface area contributed by atoms with E-state index >= 15 is 0 Å². The van der Waals surface area contributed by atoms with Crippen molar-refractivity contribution >= 4 is 10.9 Å². The maximum absolute atomic E-state index is 9.09. The summed E-state index contributed by atoms with van der Waals surface area (Å²) in [7, 11) is 0. The van der Waals surface area contributed by atoms with E-state index in [4.69, 9.17) is 14.6 Å². The zero-order valence-electron chi connectivity index (χ0n) is 9.75. The van der Waals surface area contributed by atoms with Gasteiger partial charge in [-0.2, -0.15) is 0 Å². The molecule has 0 bridgehead atoms. The fourth-order valence-corrected chi connectivity index (χ4v) is 2.36. The Labute approximate surface area is 99.2 Å². The number of fused-ring (bicyclic) bond motifs is 2. The van der Waals surface area contributed by atoms with Crippen LogP contribution in [-0.4, -0.2) is 29.9 Å². The Hall–Kier alpha value is -1.68. The van der Waals surface area contributed by atoms with Gasteiger partial charge in [0.15, 0.2) is 11.5 Å².